The van der Waals surface area contributed by atoms with Crippen LogP contribution < -0.4 is 5.32 Å². The largest absolute Gasteiger partial charge is 0.378 e. The number of hydrogen-bond donors (Lipinski definition) is 1. The highest BCUT2D eigenvalue weighted by molar-refractivity contribution is 5.85. The lowest BCUT2D eigenvalue weighted by atomic mass is 10.2. The number of carbonyl (C=O) groups excluding carboxylic acids is 1. The highest BCUT2D eigenvalue weighted by atomic mass is 35.5. The minimum absolute atomic E-state index is 0. The second-order valence-corrected chi connectivity index (χ2v) is 4.57. The number of ether oxygens (including phenoxy) is 1. The molecule has 1 saturated heterocycles. The molecule has 5 heteroatoms. The van der Waals surface area contributed by atoms with Gasteiger partial charge in [-0.2, -0.15) is 0 Å². The molecule has 1 N–H and O–H groups in total. The summed E-state index contributed by atoms with van der Waals surface area (Å²) in [5.74, 6) is 1.06. The van der Waals surface area contributed by atoms with Gasteiger partial charge in [-0.1, -0.05) is 12.8 Å². The maximum absolute atomic E-state index is 11.9. The molecular formula is C11H21ClN2O2. The van der Waals surface area contributed by atoms with Crippen LogP contribution in [0.25, 0.3) is 0 Å². The highest BCUT2D eigenvalue weighted by Gasteiger charge is 2.26. The molecule has 1 atom stereocenters. The Morgan fingerprint density at radius 1 is 1.50 bits per heavy atom. The molecular weight excluding hydrogens is 228 g/mol. The molecule has 1 unspecified atom stereocenters. The Morgan fingerprint density at radius 2 is 2.25 bits per heavy atom. The second kappa shape index (κ2) is 6.42. The van der Waals surface area contributed by atoms with Gasteiger partial charge in [-0.3, -0.25) is 4.79 Å². The van der Waals surface area contributed by atoms with Gasteiger partial charge in [0.05, 0.1) is 13.2 Å². The molecule has 1 amide bonds. The number of amides is 1. The lowest BCUT2D eigenvalue weighted by molar-refractivity contribution is -0.135. The van der Waals surface area contributed by atoms with Crippen LogP contribution in [0.2, 0.25) is 0 Å². The SMILES string of the molecule is CN(CCC1CC1)C(=O)C1COCCN1.Cl. The van der Waals surface area contributed by atoms with E-state index in [2.05, 4.69) is 5.32 Å². The van der Waals surface area contributed by atoms with E-state index >= 15 is 0 Å². The van der Waals surface area contributed by atoms with Gasteiger partial charge in [0, 0.05) is 20.1 Å². The Kier molecular flexibility index (Phi) is 5.52. The van der Waals surface area contributed by atoms with E-state index in [-0.39, 0.29) is 24.4 Å². The standard InChI is InChI=1S/C11H20N2O2.ClH/c1-13(6-4-9-2-3-9)11(14)10-8-15-7-5-12-10;/h9-10,12H,2-8H2,1H3;1H. The molecule has 0 aromatic carbocycles. The number of nitrogens with zero attached hydrogens (tertiary/aromatic N) is 1. The summed E-state index contributed by atoms with van der Waals surface area (Å²) in [7, 11) is 1.89. The number of carbonyl (C=O) groups is 1. The molecule has 2 aliphatic rings. The van der Waals surface area contributed by atoms with Gasteiger partial charge in [-0.15, -0.1) is 12.4 Å². The van der Waals surface area contributed by atoms with E-state index in [1.165, 1.54) is 12.8 Å². The van der Waals surface area contributed by atoms with Gasteiger partial charge in [0.15, 0.2) is 0 Å². The summed E-state index contributed by atoms with van der Waals surface area (Å²) in [5, 5.41) is 3.19. The molecule has 0 radical (unpaired) electrons. The van der Waals surface area contributed by atoms with Crippen LogP contribution in [-0.2, 0) is 9.53 Å². The third-order valence-electron chi connectivity index (χ3n) is 3.17. The van der Waals surface area contributed by atoms with E-state index in [0.717, 1.165) is 32.0 Å². The fourth-order valence-electron chi connectivity index (χ4n) is 1.88. The van der Waals surface area contributed by atoms with Crippen molar-refractivity contribution in [3.8, 4) is 0 Å². The predicted molar refractivity (Wildman–Crippen MR) is 64.8 cm³/mol. The van der Waals surface area contributed by atoms with Crippen LogP contribution >= 0.6 is 12.4 Å². The molecule has 1 aliphatic heterocycles. The monoisotopic (exact) mass is 248 g/mol. The number of hydrogen-bond acceptors (Lipinski definition) is 3. The van der Waals surface area contributed by atoms with Crippen molar-refractivity contribution in [1.82, 2.24) is 10.2 Å². The van der Waals surface area contributed by atoms with E-state index in [0.29, 0.717) is 6.61 Å². The van der Waals surface area contributed by atoms with Crippen LogP contribution in [-0.4, -0.2) is 50.2 Å². The highest BCUT2D eigenvalue weighted by Crippen LogP contribution is 2.32. The van der Waals surface area contributed by atoms with E-state index in [4.69, 9.17) is 4.74 Å². The maximum Gasteiger partial charge on any atom is 0.241 e. The van der Waals surface area contributed by atoms with Gasteiger partial charge < -0.3 is 15.0 Å². The third kappa shape index (κ3) is 3.92. The van der Waals surface area contributed by atoms with Crippen molar-refractivity contribution in [1.29, 1.82) is 0 Å². The summed E-state index contributed by atoms with van der Waals surface area (Å²) in [6.45, 7) is 2.91. The normalized spacial score (nSPS) is 24.7. The molecule has 0 aromatic heterocycles. The van der Waals surface area contributed by atoms with Crippen molar-refractivity contribution in [2.75, 3.05) is 33.4 Å². The maximum atomic E-state index is 11.9. The zero-order chi connectivity index (χ0) is 10.7. The van der Waals surface area contributed by atoms with Crippen molar-refractivity contribution >= 4 is 18.3 Å². The van der Waals surface area contributed by atoms with Crippen molar-refractivity contribution in [2.24, 2.45) is 5.92 Å². The van der Waals surface area contributed by atoms with Gasteiger partial charge in [0.25, 0.3) is 0 Å². The van der Waals surface area contributed by atoms with Crippen molar-refractivity contribution in [3.63, 3.8) is 0 Å². The first kappa shape index (κ1) is 13.7. The number of morpholine rings is 1. The van der Waals surface area contributed by atoms with Crippen LogP contribution in [0.5, 0.6) is 0 Å². The van der Waals surface area contributed by atoms with Gasteiger partial charge in [0.1, 0.15) is 6.04 Å². The quantitative estimate of drug-likeness (QED) is 0.795. The summed E-state index contributed by atoms with van der Waals surface area (Å²) in [6, 6.07) is -0.122. The van der Waals surface area contributed by atoms with E-state index in [1.807, 2.05) is 11.9 Å². The average Bonchev–Trinajstić information content (AvgIpc) is 3.10. The summed E-state index contributed by atoms with van der Waals surface area (Å²) < 4.78 is 5.28. The van der Waals surface area contributed by atoms with Crippen LogP contribution in [0.15, 0.2) is 0 Å². The minimum Gasteiger partial charge on any atom is -0.378 e. The molecule has 0 spiro atoms. The molecule has 16 heavy (non-hydrogen) atoms. The smallest absolute Gasteiger partial charge is 0.241 e. The van der Waals surface area contributed by atoms with Crippen LogP contribution in [0.1, 0.15) is 19.3 Å². The molecule has 4 nitrogen and oxygen atoms in total. The summed E-state index contributed by atoms with van der Waals surface area (Å²) in [4.78, 5) is 13.8. The molecule has 2 rings (SSSR count). The zero-order valence-corrected chi connectivity index (χ0v) is 10.6. The Hall–Kier alpha value is -0.320. The van der Waals surface area contributed by atoms with Crippen molar-refractivity contribution < 1.29 is 9.53 Å². The second-order valence-electron chi connectivity index (χ2n) is 4.57. The van der Waals surface area contributed by atoms with Crippen molar-refractivity contribution in [2.45, 2.75) is 25.3 Å². The molecule has 2 fully saturated rings. The van der Waals surface area contributed by atoms with E-state index in [9.17, 15) is 4.79 Å². The Morgan fingerprint density at radius 3 is 2.81 bits per heavy atom. The molecule has 0 bridgehead atoms. The number of rotatable bonds is 4. The van der Waals surface area contributed by atoms with Gasteiger partial charge >= 0.3 is 0 Å². The molecule has 1 heterocycles. The van der Waals surface area contributed by atoms with Crippen LogP contribution in [0.4, 0.5) is 0 Å². The van der Waals surface area contributed by atoms with Gasteiger partial charge in [0.2, 0.25) is 5.91 Å². The Balaban J connectivity index is 0.00000128. The minimum atomic E-state index is -0.122. The topological polar surface area (TPSA) is 41.6 Å². The van der Waals surface area contributed by atoms with E-state index < -0.39 is 0 Å². The third-order valence-corrected chi connectivity index (χ3v) is 3.17. The fourth-order valence-corrected chi connectivity index (χ4v) is 1.88. The lowest BCUT2D eigenvalue weighted by Gasteiger charge is -2.27. The predicted octanol–water partition coefficient (Wildman–Crippen LogP) is 0.655. The van der Waals surface area contributed by atoms with E-state index in [1.54, 1.807) is 0 Å². The molecule has 1 saturated carbocycles. The zero-order valence-electron chi connectivity index (χ0n) is 9.78. The van der Waals surface area contributed by atoms with Gasteiger partial charge in [-0.25, -0.2) is 0 Å². The van der Waals surface area contributed by atoms with Crippen LogP contribution in [0, 0.1) is 5.92 Å². The van der Waals surface area contributed by atoms with Crippen LogP contribution in [0.3, 0.4) is 0 Å². The summed E-state index contributed by atoms with van der Waals surface area (Å²) >= 11 is 0. The average molecular weight is 249 g/mol. The lowest BCUT2D eigenvalue weighted by Crippen LogP contribution is -2.51. The number of halogens is 1. The fraction of sp³-hybridized carbons (Fsp3) is 0.909. The molecule has 0 aromatic rings. The first-order chi connectivity index (χ1) is 7.27. The molecule has 1 aliphatic carbocycles. The summed E-state index contributed by atoms with van der Waals surface area (Å²) in [5.41, 5.74) is 0. The summed E-state index contributed by atoms with van der Waals surface area (Å²) in [6.07, 6.45) is 3.87. The Labute approximate surface area is 103 Å². The molecule has 94 valence electrons. The Bertz CT molecular complexity index is 228. The van der Waals surface area contributed by atoms with Crippen molar-refractivity contribution in [3.05, 3.63) is 0 Å². The number of likely N-dealkylation sites (N-methyl/N-ethyl adjacent to an activating group) is 1. The van der Waals surface area contributed by atoms with Gasteiger partial charge in [-0.05, 0) is 12.3 Å². The first-order valence-electron chi connectivity index (χ1n) is 5.83. The number of nitrogens with one attached hydrogen (secondary N) is 1. The first-order valence-corrected chi connectivity index (χ1v) is 5.83.